The molecule has 114 valence electrons. The van der Waals surface area contributed by atoms with Gasteiger partial charge in [0.1, 0.15) is 0 Å². The summed E-state index contributed by atoms with van der Waals surface area (Å²) >= 11 is 3.58. The highest BCUT2D eigenvalue weighted by molar-refractivity contribution is 9.10. The Labute approximate surface area is 132 Å². The number of anilines is 1. The normalized spacial score (nSPS) is 12.8. The summed E-state index contributed by atoms with van der Waals surface area (Å²) in [5, 5.41) is 0. The predicted molar refractivity (Wildman–Crippen MR) is 93.5 cm³/mol. The number of hydrogen-bond donors (Lipinski definition) is 1. The van der Waals surface area contributed by atoms with Gasteiger partial charge in [-0.3, -0.25) is 0 Å². The van der Waals surface area contributed by atoms with Gasteiger partial charge in [0.15, 0.2) is 0 Å². The van der Waals surface area contributed by atoms with E-state index in [1.165, 1.54) is 30.5 Å². The third-order valence-corrected chi connectivity index (χ3v) is 4.01. The highest BCUT2D eigenvalue weighted by atomic mass is 79.9. The molecule has 0 aliphatic rings. The molecule has 0 saturated heterocycles. The number of benzene rings is 1. The summed E-state index contributed by atoms with van der Waals surface area (Å²) in [6.07, 6.45) is 4.73. The smallest absolute Gasteiger partial charge is 0.0402 e. The average molecular weight is 341 g/mol. The van der Waals surface area contributed by atoms with E-state index < -0.39 is 0 Å². The summed E-state index contributed by atoms with van der Waals surface area (Å²) in [4.78, 5) is 2.51. The second-order valence-electron chi connectivity index (χ2n) is 5.95. The Balaban J connectivity index is 2.98. The van der Waals surface area contributed by atoms with Gasteiger partial charge in [0.2, 0.25) is 0 Å². The van der Waals surface area contributed by atoms with E-state index in [1.807, 2.05) is 0 Å². The minimum atomic E-state index is 0.188. The molecule has 0 aromatic heterocycles. The summed E-state index contributed by atoms with van der Waals surface area (Å²) < 4.78 is 1.13. The average Bonchev–Trinajstić information content (AvgIpc) is 2.35. The van der Waals surface area contributed by atoms with Crippen LogP contribution in [0.4, 0.5) is 5.69 Å². The molecule has 0 bridgehead atoms. The predicted octanol–water partition coefficient (Wildman–Crippen LogP) is 4.74. The molecule has 1 atom stereocenters. The first-order valence-corrected chi connectivity index (χ1v) is 8.55. The molecule has 0 aliphatic heterocycles. The van der Waals surface area contributed by atoms with E-state index in [1.54, 1.807) is 0 Å². The van der Waals surface area contributed by atoms with Crippen molar-refractivity contribution in [2.75, 3.05) is 11.4 Å². The van der Waals surface area contributed by atoms with E-state index in [-0.39, 0.29) is 6.04 Å². The van der Waals surface area contributed by atoms with Crippen molar-refractivity contribution in [2.45, 2.75) is 65.5 Å². The Morgan fingerprint density at radius 1 is 1.20 bits per heavy atom. The fraction of sp³-hybridized carbons (Fsp3) is 0.647. The van der Waals surface area contributed by atoms with Crippen molar-refractivity contribution < 1.29 is 0 Å². The topological polar surface area (TPSA) is 29.3 Å². The van der Waals surface area contributed by atoms with Crippen LogP contribution in [0.25, 0.3) is 0 Å². The summed E-state index contributed by atoms with van der Waals surface area (Å²) in [7, 11) is 0. The number of rotatable bonds is 8. The number of hydrogen-bond acceptors (Lipinski definition) is 2. The Morgan fingerprint density at radius 2 is 1.90 bits per heavy atom. The molecule has 1 rings (SSSR count). The lowest BCUT2D eigenvalue weighted by atomic mass is 10.0. The summed E-state index contributed by atoms with van der Waals surface area (Å²) in [6.45, 7) is 9.98. The van der Waals surface area contributed by atoms with Crippen molar-refractivity contribution in [3.05, 3.63) is 28.2 Å². The fourth-order valence-electron chi connectivity index (χ4n) is 2.53. The van der Waals surface area contributed by atoms with Gasteiger partial charge < -0.3 is 10.6 Å². The van der Waals surface area contributed by atoms with Crippen LogP contribution in [-0.4, -0.2) is 18.6 Å². The lowest BCUT2D eigenvalue weighted by Gasteiger charge is -2.31. The Morgan fingerprint density at radius 3 is 2.45 bits per heavy atom. The van der Waals surface area contributed by atoms with Crippen molar-refractivity contribution in [3.8, 4) is 0 Å². The van der Waals surface area contributed by atoms with Crippen molar-refractivity contribution in [3.63, 3.8) is 0 Å². The van der Waals surface area contributed by atoms with Gasteiger partial charge in [-0.25, -0.2) is 0 Å². The Hall–Kier alpha value is -0.540. The van der Waals surface area contributed by atoms with Gasteiger partial charge in [0.05, 0.1) is 0 Å². The van der Waals surface area contributed by atoms with Crippen LogP contribution in [0.5, 0.6) is 0 Å². The molecule has 0 aliphatic carbocycles. The van der Waals surface area contributed by atoms with Crippen LogP contribution in [0, 0.1) is 0 Å². The SMILES string of the molecule is CCCCCN(c1ccc(Br)cc1CC(C)N)C(C)C. The van der Waals surface area contributed by atoms with E-state index in [0.717, 1.165) is 17.4 Å². The zero-order valence-corrected chi connectivity index (χ0v) is 14.9. The first-order valence-electron chi connectivity index (χ1n) is 7.76. The number of nitrogens with zero attached hydrogens (tertiary/aromatic N) is 1. The maximum atomic E-state index is 6.01. The first-order chi connectivity index (χ1) is 9.45. The van der Waals surface area contributed by atoms with Gasteiger partial charge in [-0.15, -0.1) is 0 Å². The van der Waals surface area contributed by atoms with Gasteiger partial charge in [0.25, 0.3) is 0 Å². The molecule has 1 aromatic rings. The maximum Gasteiger partial charge on any atom is 0.0402 e. The molecule has 1 unspecified atom stereocenters. The van der Waals surface area contributed by atoms with E-state index >= 15 is 0 Å². The zero-order chi connectivity index (χ0) is 15.1. The van der Waals surface area contributed by atoms with Crippen molar-refractivity contribution in [1.29, 1.82) is 0 Å². The van der Waals surface area contributed by atoms with Crippen LogP contribution in [0.3, 0.4) is 0 Å². The quantitative estimate of drug-likeness (QED) is 0.692. The molecule has 0 heterocycles. The minimum Gasteiger partial charge on any atom is -0.369 e. The largest absolute Gasteiger partial charge is 0.369 e. The van der Waals surface area contributed by atoms with Crippen LogP contribution in [0.2, 0.25) is 0 Å². The highest BCUT2D eigenvalue weighted by Crippen LogP contribution is 2.27. The lowest BCUT2D eigenvalue weighted by molar-refractivity contribution is 0.621. The molecule has 0 amide bonds. The van der Waals surface area contributed by atoms with E-state index in [4.69, 9.17) is 5.73 Å². The molecule has 3 heteroatoms. The van der Waals surface area contributed by atoms with Crippen LogP contribution < -0.4 is 10.6 Å². The van der Waals surface area contributed by atoms with Crippen molar-refractivity contribution in [2.24, 2.45) is 5.73 Å². The first kappa shape index (κ1) is 17.5. The number of halogens is 1. The van der Waals surface area contributed by atoms with Gasteiger partial charge in [0, 0.05) is 28.8 Å². The Bertz CT molecular complexity index is 402. The van der Waals surface area contributed by atoms with E-state index in [2.05, 4.69) is 66.7 Å². The second kappa shape index (κ2) is 8.68. The standard InChI is InChI=1S/C17H29BrN2/c1-5-6-7-10-20(13(2)3)17-9-8-16(18)12-15(17)11-14(4)19/h8-9,12-14H,5-7,10-11,19H2,1-4H3. The summed E-state index contributed by atoms with van der Waals surface area (Å²) in [5.74, 6) is 0. The molecule has 20 heavy (non-hydrogen) atoms. The molecule has 2 nitrogen and oxygen atoms in total. The third kappa shape index (κ3) is 5.45. The molecule has 0 fully saturated rings. The van der Waals surface area contributed by atoms with Crippen LogP contribution >= 0.6 is 15.9 Å². The maximum absolute atomic E-state index is 6.01. The number of nitrogens with two attached hydrogens (primary N) is 1. The Kier molecular flexibility index (Phi) is 7.60. The lowest BCUT2D eigenvalue weighted by Crippen LogP contribution is -2.33. The fourth-order valence-corrected chi connectivity index (χ4v) is 2.94. The van der Waals surface area contributed by atoms with Crippen LogP contribution in [-0.2, 0) is 6.42 Å². The highest BCUT2D eigenvalue weighted by Gasteiger charge is 2.15. The summed E-state index contributed by atoms with van der Waals surface area (Å²) in [5.41, 5.74) is 8.70. The molecule has 1 aromatic carbocycles. The second-order valence-corrected chi connectivity index (χ2v) is 6.86. The van der Waals surface area contributed by atoms with Gasteiger partial charge in [-0.05, 0) is 57.4 Å². The van der Waals surface area contributed by atoms with Crippen LogP contribution in [0.1, 0.15) is 52.5 Å². The van der Waals surface area contributed by atoms with Crippen LogP contribution in [0.15, 0.2) is 22.7 Å². The third-order valence-electron chi connectivity index (χ3n) is 3.52. The van der Waals surface area contributed by atoms with Crippen molar-refractivity contribution >= 4 is 21.6 Å². The minimum absolute atomic E-state index is 0.188. The van der Waals surface area contributed by atoms with E-state index in [0.29, 0.717) is 6.04 Å². The molecule has 2 N–H and O–H groups in total. The molecule has 0 saturated carbocycles. The van der Waals surface area contributed by atoms with Gasteiger partial charge in [-0.1, -0.05) is 35.7 Å². The molecule has 0 radical (unpaired) electrons. The number of unbranched alkanes of at least 4 members (excludes halogenated alkanes) is 2. The van der Waals surface area contributed by atoms with Gasteiger partial charge in [-0.2, -0.15) is 0 Å². The van der Waals surface area contributed by atoms with Crippen molar-refractivity contribution in [1.82, 2.24) is 0 Å². The molecule has 0 spiro atoms. The monoisotopic (exact) mass is 340 g/mol. The van der Waals surface area contributed by atoms with Gasteiger partial charge >= 0.3 is 0 Å². The van der Waals surface area contributed by atoms with E-state index in [9.17, 15) is 0 Å². The molecular weight excluding hydrogens is 312 g/mol. The molecular formula is C17H29BrN2. The summed E-state index contributed by atoms with van der Waals surface area (Å²) in [6, 6.07) is 7.28. The zero-order valence-electron chi connectivity index (χ0n) is 13.3.